The van der Waals surface area contributed by atoms with E-state index in [2.05, 4.69) is 10.6 Å². The Kier molecular flexibility index (Phi) is 6.77. The largest absolute Gasteiger partial charge is 0.362 e. The highest BCUT2D eigenvalue weighted by Gasteiger charge is 2.34. The number of carbonyl (C=O) groups is 1. The summed E-state index contributed by atoms with van der Waals surface area (Å²) in [6.45, 7) is 0. The third-order valence-corrected chi connectivity index (χ3v) is 4.55. The number of carbonyl (C=O) groups excluding carboxylic acids is 1. The summed E-state index contributed by atoms with van der Waals surface area (Å²) in [7, 11) is 0. The molecule has 2 rings (SSSR count). The third kappa shape index (κ3) is 5.48. The van der Waals surface area contributed by atoms with Gasteiger partial charge in [0.15, 0.2) is 0 Å². The Bertz CT molecular complexity index is 747. The van der Waals surface area contributed by atoms with Crippen molar-refractivity contribution in [3.8, 4) is 0 Å². The molecule has 2 N–H and O–H groups in total. The maximum absolute atomic E-state index is 12.3. The van der Waals surface area contributed by atoms with Gasteiger partial charge in [-0.2, -0.15) is 0 Å². The second-order valence-electron chi connectivity index (χ2n) is 4.73. The van der Waals surface area contributed by atoms with Crippen LogP contribution in [0, 0.1) is 0 Å². The standard InChI is InChI=1S/C15H10Cl6N2O/c16-9-3-1-2-8(6-9)13(24)23-14(15(19,20)21)22-10-4-5-11(17)12(18)7-10/h1-7,14,22H,(H,23,24)/t14-/m1/s1. The lowest BCUT2D eigenvalue weighted by atomic mass is 10.2. The van der Waals surface area contributed by atoms with Crippen LogP contribution in [-0.4, -0.2) is 15.9 Å². The summed E-state index contributed by atoms with van der Waals surface area (Å²) in [5, 5.41) is 6.63. The summed E-state index contributed by atoms with van der Waals surface area (Å²) in [4.78, 5) is 12.3. The molecule has 0 aliphatic heterocycles. The summed E-state index contributed by atoms with van der Waals surface area (Å²) >= 11 is 35.6. The quantitative estimate of drug-likeness (QED) is 0.434. The molecule has 0 heterocycles. The van der Waals surface area contributed by atoms with E-state index in [1.54, 1.807) is 36.4 Å². The van der Waals surface area contributed by atoms with E-state index in [0.717, 1.165) is 0 Å². The molecule has 2 aromatic rings. The van der Waals surface area contributed by atoms with Crippen LogP contribution in [0.15, 0.2) is 42.5 Å². The van der Waals surface area contributed by atoms with Crippen LogP contribution in [0.2, 0.25) is 15.1 Å². The summed E-state index contributed by atoms with van der Waals surface area (Å²) in [6.07, 6.45) is -1.02. The molecule has 1 atom stereocenters. The Morgan fingerprint density at radius 3 is 2.25 bits per heavy atom. The van der Waals surface area contributed by atoms with Crippen molar-refractivity contribution in [3.63, 3.8) is 0 Å². The van der Waals surface area contributed by atoms with Gasteiger partial charge in [-0.05, 0) is 36.4 Å². The number of nitrogens with one attached hydrogen (secondary N) is 2. The van der Waals surface area contributed by atoms with Gasteiger partial charge in [-0.3, -0.25) is 4.79 Å². The van der Waals surface area contributed by atoms with Crippen LogP contribution in [0.3, 0.4) is 0 Å². The Morgan fingerprint density at radius 1 is 0.958 bits per heavy atom. The molecule has 0 spiro atoms. The predicted molar refractivity (Wildman–Crippen MR) is 103 cm³/mol. The first kappa shape index (κ1) is 19.8. The number of hydrogen-bond acceptors (Lipinski definition) is 2. The molecule has 3 nitrogen and oxygen atoms in total. The van der Waals surface area contributed by atoms with Crippen molar-refractivity contribution in [3.05, 3.63) is 63.1 Å². The minimum Gasteiger partial charge on any atom is -0.362 e. The van der Waals surface area contributed by atoms with Crippen LogP contribution in [0.25, 0.3) is 0 Å². The van der Waals surface area contributed by atoms with Crippen molar-refractivity contribution in [2.75, 3.05) is 5.32 Å². The van der Waals surface area contributed by atoms with Gasteiger partial charge in [0.25, 0.3) is 5.91 Å². The van der Waals surface area contributed by atoms with Crippen molar-refractivity contribution >= 4 is 81.2 Å². The highest BCUT2D eigenvalue weighted by atomic mass is 35.6. The maximum atomic E-state index is 12.3. The van der Waals surface area contributed by atoms with Gasteiger partial charge in [-0.25, -0.2) is 0 Å². The average molecular weight is 447 g/mol. The smallest absolute Gasteiger partial charge is 0.253 e. The molecule has 0 aromatic heterocycles. The van der Waals surface area contributed by atoms with Crippen LogP contribution >= 0.6 is 69.6 Å². The van der Waals surface area contributed by atoms with E-state index in [1.165, 1.54) is 6.07 Å². The van der Waals surface area contributed by atoms with Crippen LogP contribution in [-0.2, 0) is 0 Å². The highest BCUT2D eigenvalue weighted by Crippen LogP contribution is 2.32. The number of halogens is 6. The first-order chi connectivity index (χ1) is 11.2. The van der Waals surface area contributed by atoms with Gasteiger partial charge in [0.05, 0.1) is 10.0 Å². The van der Waals surface area contributed by atoms with Crippen LogP contribution in [0.4, 0.5) is 5.69 Å². The molecule has 0 fully saturated rings. The number of anilines is 1. The number of alkyl halides is 3. The molecule has 9 heteroatoms. The van der Waals surface area contributed by atoms with E-state index in [0.29, 0.717) is 26.3 Å². The Hall–Kier alpha value is -0.550. The number of benzene rings is 2. The lowest BCUT2D eigenvalue weighted by Gasteiger charge is -2.27. The van der Waals surface area contributed by atoms with Gasteiger partial charge in [0, 0.05) is 16.3 Å². The summed E-state index contributed by atoms with van der Waals surface area (Å²) in [6, 6.07) is 11.2. The molecule has 1 amide bonds. The van der Waals surface area contributed by atoms with E-state index in [4.69, 9.17) is 69.6 Å². The van der Waals surface area contributed by atoms with Crippen molar-refractivity contribution < 1.29 is 4.79 Å². The summed E-state index contributed by atoms with van der Waals surface area (Å²) in [5.74, 6) is -0.457. The van der Waals surface area contributed by atoms with Gasteiger partial charge in [-0.1, -0.05) is 75.7 Å². The minimum atomic E-state index is -1.82. The Balaban J connectivity index is 2.19. The second kappa shape index (κ2) is 8.22. The lowest BCUT2D eigenvalue weighted by molar-refractivity contribution is 0.0942. The molecule has 0 aliphatic rings. The second-order valence-corrected chi connectivity index (χ2v) is 8.35. The highest BCUT2D eigenvalue weighted by molar-refractivity contribution is 6.68. The molecule has 2 aromatic carbocycles. The van der Waals surface area contributed by atoms with Crippen molar-refractivity contribution in [2.24, 2.45) is 0 Å². The fourth-order valence-electron chi connectivity index (χ4n) is 1.80. The molecule has 128 valence electrons. The van der Waals surface area contributed by atoms with Crippen LogP contribution in [0.1, 0.15) is 10.4 Å². The van der Waals surface area contributed by atoms with Crippen molar-refractivity contribution in [2.45, 2.75) is 9.96 Å². The molecule has 0 saturated carbocycles. The average Bonchev–Trinajstić information content (AvgIpc) is 2.49. The molecule has 0 bridgehead atoms. The normalized spacial score (nSPS) is 12.6. The molecule has 0 saturated heterocycles. The first-order valence-electron chi connectivity index (χ1n) is 6.51. The van der Waals surface area contributed by atoms with Gasteiger partial charge in [0.1, 0.15) is 6.17 Å². The van der Waals surface area contributed by atoms with Gasteiger partial charge in [-0.15, -0.1) is 0 Å². The van der Waals surface area contributed by atoms with Crippen molar-refractivity contribution in [1.82, 2.24) is 5.32 Å². The Morgan fingerprint density at radius 2 is 1.67 bits per heavy atom. The third-order valence-electron chi connectivity index (χ3n) is 2.92. The first-order valence-corrected chi connectivity index (χ1v) is 8.78. The van der Waals surface area contributed by atoms with Gasteiger partial charge < -0.3 is 10.6 Å². The summed E-state index contributed by atoms with van der Waals surface area (Å²) < 4.78 is -1.82. The Labute approximate surface area is 169 Å². The topological polar surface area (TPSA) is 41.1 Å². The van der Waals surface area contributed by atoms with Gasteiger partial charge in [0.2, 0.25) is 3.79 Å². The minimum absolute atomic E-state index is 0.325. The van der Waals surface area contributed by atoms with E-state index in [9.17, 15) is 4.79 Å². The van der Waals surface area contributed by atoms with E-state index < -0.39 is 15.9 Å². The molecule has 0 unspecified atom stereocenters. The van der Waals surface area contributed by atoms with E-state index in [-0.39, 0.29) is 0 Å². The zero-order valence-electron chi connectivity index (χ0n) is 11.8. The molecule has 0 radical (unpaired) electrons. The predicted octanol–water partition coefficient (Wildman–Crippen LogP) is 6.19. The van der Waals surface area contributed by atoms with Gasteiger partial charge >= 0.3 is 0 Å². The fourth-order valence-corrected chi connectivity index (χ4v) is 2.61. The monoisotopic (exact) mass is 444 g/mol. The molecular formula is C15H10Cl6N2O. The summed E-state index contributed by atoms with van der Waals surface area (Å²) in [5.41, 5.74) is 0.852. The molecule has 0 aliphatic carbocycles. The lowest BCUT2D eigenvalue weighted by Crippen LogP contribution is -2.49. The number of amides is 1. The van der Waals surface area contributed by atoms with E-state index >= 15 is 0 Å². The van der Waals surface area contributed by atoms with Crippen molar-refractivity contribution in [1.29, 1.82) is 0 Å². The molecular weight excluding hydrogens is 437 g/mol. The number of hydrogen-bond donors (Lipinski definition) is 2. The number of rotatable bonds is 4. The zero-order chi connectivity index (χ0) is 17.9. The van der Waals surface area contributed by atoms with Crippen LogP contribution in [0.5, 0.6) is 0 Å². The zero-order valence-corrected chi connectivity index (χ0v) is 16.3. The maximum Gasteiger partial charge on any atom is 0.253 e. The van der Waals surface area contributed by atoms with E-state index in [1.807, 2.05) is 0 Å². The van der Waals surface area contributed by atoms with Crippen LogP contribution < -0.4 is 10.6 Å². The molecule has 24 heavy (non-hydrogen) atoms. The fraction of sp³-hybridized carbons (Fsp3) is 0.133. The SMILES string of the molecule is O=C(N[C@@H](Nc1ccc(Cl)c(Cl)c1)C(Cl)(Cl)Cl)c1cccc(Cl)c1.